The van der Waals surface area contributed by atoms with Gasteiger partial charge in [-0.15, -0.1) is 0 Å². The van der Waals surface area contributed by atoms with Gasteiger partial charge < -0.3 is 5.73 Å². The maximum absolute atomic E-state index is 10.4. The fraction of sp³-hybridized carbons (Fsp3) is 0.400. The quantitative estimate of drug-likeness (QED) is 0.605. The monoisotopic (exact) mass is 221 g/mol. The Morgan fingerprint density at radius 2 is 2.58 bits per heavy atom. The van der Waals surface area contributed by atoms with Gasteiger partial charge in [0.25, 0.3) is 0 Å². The highest BCUT2D eigenvalue weighted by Gasteiger charge is 2.02. The number of nitrogens with two attached hydrogens (primary N) is 1. The van der Waals surface area contributed by atoms with Crippen LogP contribution in [0.25, 0.3) is 0 Å². The van der Waals surface area contributed by atoms with Crippen LogP contribution in [0.5, 0.6) is 0 Å². The van der Waals surface area contributed by atoms with Crippen LogP contribution in [0.2, 0.25) is 0 Å². The fourth-order valence-corrected chi connectivity index (χ4v) is 2.53. The standard InChI is InChI=1S/C5H7N3OS3/c1-8-5(10)12-4(7-8)11-2-3(6)9/h2H2,1H3,(H2,6,9). The minimum Gasteiger partial charge on any atom is -0.369 e. The van der Waals surface area contributed by atoms with Gasteiger partial charge in [-0.25, -0.2) is 4.68 Å². The number of aromatic nitrogens is 2. The largest absolute Gasteiger partial charge is 0.369 e. The third-order valence-electron chi connectivity index (χ3n) is 1.01. The molecule has 4 nitrogen and oxygen atoms in total. The second-order valence-corrected chi connectivity index (χ2v) is 4.86. The summed E-state index contributed by atoms with van der Waals surface area (Å²) in [6.45, 7) is 0. The van der Waals surface area contributed by atoms with Gasteiger partial charge in [0.2, 0.25) is 5.91 Å². The van der Waals surface area contributed by atoms with Gasteiger partial charge in [-0.2, -0.15) is 5.10 Å². The summed E-state index contributed by atoms with van der Waals surface area (Å²) in [5, 5.41) is 4.07. The van der Waals surface area contributed by atoms with Crippen molar-refractivity contribution in [3.8, 4) is 0 Å². The van der Waals surface area contributed by atoms with Crippen LogP contribution < -0.4 is 5.73 Å². The summed E-state index contributed by atoms with van der Waals surface area (Å²) in [6.07, 6.45) is 0. The van der Waals surface area contributed by atoms with Crippen LogP contribution in [0, 0.1) is 3.95 Å². The number of hydrogen-bond donors (Lipinski definition) is 1. The highest BCUT2D eigenvalue weighted by molar-refractivity contribution is 8.01. The van der Waals surface area contributed by atoms with Crippen LogP contribution >= 0.6 is 35.3 Å². The molecule has 12 heavy (non-hydrogen) atoms. The summed E-state index contributed by atoms with van der Waals surface area (Å²) < 4.78 is 3.08. The lowest BCUT2D eigenvalue weighted by molar-refractivity contribution is -0.115. The van der Waals surface area contributed by atoms with Crippen molar-refractivity contribution in [1.82, 2.24) is 9.78 Å². The molecule has 0 atom stereocenters. The topological polar surface area (TPSA) is 60.9 Å². The zero-order valence-corrected chi connectivity index (χ0v) is 8.76. The normalized spacial score (nSPS) is 10.1. The molecule has 0 radical (unpaired) electrons. The van der Waals surface area contributed by atoms with Crippen LogP contribution in [0.4, 0.5) is 0 Å². The van der Waals surface area contributed by atoms with E-state index in [1.165, 1.54) is 23.1 Å². The minimum atomic E-state index is -0.344. The fourth-order valence-electron chi connectivity index (χ4n) is 0.516. The zero-order valence-electron chi connectivity index (χ0n) is 6.31. The second kappa shape index (κ2) is 4.01. The predicted octanol–water partition coefficient (Wildman–Crippen LogP) is 0.788. The Morgan fingerprint density at radius 3 is 3.00 bits per heavy atom. The molecule has 1 rings (SSSR count). The van der Waals surface area contributed by atoms with Crippen LogP contribution in [-0.4, -0.2) is 21.4 Å². The molecule has 0 aromatic carbocycles. The summed E-state index contributed by atoms with van der Waals surface area (Å²) in [5.74, 6) is -0.0915. The third kappa shape index (κ3) is 2.58. The lowest BCUT2D eigenvalue weighted by Crippen LogP contribution is -2.12. The molecule has 0 fully saturated rings. The van der Waals surface area contributed by atoms with Gasteiger partial charge >= 0.3 is 0 Å². The Labute approximate surface area is 82.8 Å². The van der Waals surface area contributed by atoms with Gasteiger partial charge in [-0.1, -0.05) is 23.1 Å². The van der Waals surface area contributed by atoms with Crippen LogP contribution in [0.15, 0.2) is 4.34 Å². The maximum atomic E-state index is 10.4. The van der Waals surface area contributed by atoms with Crippen molar-refractivity contribution in [3.05, 3.63) is 3.95 Å². The predicted molar refractivity (Wildman–Crippen MR) is 51.8 cm³/mol. The average molecular weight is 221 g/mol. The first kappa shape index (κ1) is 9.69. The van der Waals surface area contributed by atoms with Crippen molar-refractivity contribution in [3.63, 3.8) is 0 Å². The zero-order chi connectivity index (χ0) is 9.14. The Balaban J connectivity index is 2.65. The van der Waals surface area contributed by atoms with Gasteiger partial charge in [-0.3, -0.25) is 4.79 Å². The van der Waals surface area contributed by atoms with E-state index in [4.69, 9.17) is 18.0 Å². The number of hydrogen-bond acceptors (Lipinski definition) is 5. The van der Waals surface area contributed by atoms with Crippen molar-refractivity contribution < 1.29 is 4.79 Å². The lowest BCUT2D eigenvalue weighted by atomic mass is 10.8. The van der Waals surface area contributed by atoms with Crippen molar-refractivity contribution >= 4 is 41.2 Å². The molecule has 66 valence electrons. The SMILES string of the molecule is Cn1nc(SCC(N)=O)sc1=S. The van der Waals surface area contributed by atoms with E-state index in [0.717, 1.165) is 4.34 Å². The maximum Gasteiger partial charge on any atom is 0.227 e. The molecule has 1 aromatic heterocycles. The number of carbonyl (C=O) groups is 1. The molecule has 0 saturated heterocycles. The molecule has 0 aliphatic rings. The molecule has 0 aliphatic carbocycles. The average Bonchev–Trinajstić information content (AvgIpc) is 2.28. The van der Waals surface area contributed by atoms with Gasteiger partial charge in [0, 0.05) is 7.05 Å². The van der Waals surface area contributed by atoms with Gasteiger partial charge in [0.15, 0.2) is 8.29 Å². The van der Waals surface area contributed by atoms with Gasteiger partial charge in [0.05, 0.1) is 5.75 Å². The van der Waals surface area contributed by atoms with E-state index in [2.05, 4.69) is 5.10 Å². The minimum absolute atomic E-state index is 0.252. The molecule has 1 amide bonds. The first-order valence-corrected chi connectivity index (χ1v) is 5.26. The molecule has 7 heteroatoms. The number of amides is 1. The number of thioether (sulfide) groups is 1. The Kier molecular flexibility index (Phi) is 3.24. The molecule has 2 N–H and O–H groups in total. The molecular weight excluding hydrogens is 214 g/mol. The Bertz CT molecular complexity index is 342. The van der Waals surface area contributed by atoms with Crippen LogP contribution in [-0.2, 0) is 11.8 Å². The van der Waals surface area contributed by atoms with E-state index in [1.807, 2.05) is 0 Å². The van der Waals surface area contributed by atoms with E-state index >= 15 is 0 Å². The van der Waals surface area contributed by atoms with E-state index in [0.29, 0.717) is 3.95 Å². The summed E-state index contributed by atoms with van der Waals surface area (Å²) in [5.41, 5.74) is 4.97. The lowest BCUT2D eigenvalue weighted by Gasteiger charge is -1.89. The van der Waals surface area contributed by atoms with Crippen molar-refractivity contribution in [2.75, 3.05) is 5.75 Å². The first-order chi connectivity index (χ1) is 5.59. The number of aryl methyl sites for hydroxylation is 1. The van der Waals surface area contributed by atoms with Gasteiger partial charge in [-0.05, 0) is 12.2 Å². The Hall–Kier alpha value is -0.400. The molecule has 0 bridgehead atoms. The molecule has 0 aliphatic heterocycles. The van der Waals surface area contributed by atoms with Crippen molar-refractivity contribution in [2.45, 2.75) is 4.34 Å². The van der Waals surface area contributed by atoms with E-state index in [-0.39, 0.29) is 11.7 Å². The summed E-state index contributed by atoms with van der Waals surface area (Å²) in [6, 6.07) is 0. The van der Waals surface area contributed by atoms with Crippen molar-refractivity contribution in [2.24, 2.45) is 12.8 Å². The number of carbonyl (C=O) groups excluding carboxylic acids is 1. The highest BCUT2D eigenvalue weighted by atomic mass is 32.2. The highest BCUT2D eigenvalue weighted by Crippen LogP contribution is 2.20. The van der Waals surface area contributed by atoms with E-state index in [1.54, 1.807) is 11.7 Å². The molecule has 0 spiro atoms. The van der Waals surface area contributed by atoms with E-state index < -0.39 is 0 Å². The number of rotatable bonds is 3. The van der Waals surface area contributed by atoms with Gasteiger partial charge in [0.1, 0.15) is 0 Å². The summed E-state index contributed by atoms with van der Waals surface area (Å²) in [7, 11) is 1.77. The van der Waals surface area contributed by atoms with Crippen LogP contribution in [0.1, 0.15) is 0 Å². The molecule has 0 unspecified atom stereocenters. The molecular formula is C5H7N3OS3. The summed E-state index contributed by atoms with van der Waals surface area (Å²) in [4.78, 5) is 10.4. The smallest absolute Gasteiger partial charge is 0.227 e. The van der Waals surface area contributed by atoms with Crippen molar-refractivity contribution in [1.29, 1.82) is 0 Å². The van der Waals surface area contributed by atoms with E-state index in [9.17, 15) is 4.79 Å². The number of nitrogens with zero attached hydrogens (tertiary/aromatic N) is 2. The third-order valence-corrected chi connectivity index (χ3v) is 3.58. The molecule has 1 heterocycles. The number of primary amides is 1. The first-order valence-electron chi connectivity index (χ1n) is 3.05. The van der Waals surface area contributed by atoms with Crippen LogP contribution in [0.3, 0.4) is 0 Å². The molecule has 1 aromatic rings. The second-order valence-electron chi connectivity index (χ2n) is 2.01. The molecule has 0 saturated carbocycles. The summed E-state index contributed by atoms with van der Waals surface area (Å²) >= 11 is 7.63. The Morgan fingerprint density at radius 1 is 1.92 bits per heavy atom.